The Kier molecular flexibility index (Phi) is 3.53. The third kappa shape index (κ3) is 2.52. The number of rotatable bonds is 1. The van der Waals surface area contributed by atoms with Gasteiger partial charge in [0.05, 0.1) is 4.87 Å². The minimum Gasteiger partial charge on any atom is -0.371 e. The van der Waals surface area contributed by atoms with Gasteiger partial charge in [-0.1, -0.05) is 25.1 Å². The van der Waals surface area contributed by atoms with Crippen LogP contribution in [0.4, 0.5) is 5.69 Å². The molecule has 2 heterocycles. The van der Waals surface area contributed by atoms with E-state index in [2.05, 4.69) is 59.2 Å². The van der Waals surface area contributed by atoms with E-state index in [1.807, 2.05) is 0 Å². The molecule has 2 saturated heterocycles. The lowest BCUT2D eigenvalue weighted by atomic mass is 10.0. The molecule has 2 aliphatic heterocycles. The summed E-state index contributed by atoms with van der Waals surface area (Å²) >= 11 is 2.17. The van der Waals surface area contributed by atoms with Crippen LogP contribution in [0.25, 0.3) is 0 Å². The Morgan fingerprint density at radius 1 is 1.22 bits per heavy atom. The molecule has 0 bridgehead atoms. The van der Waals surface area contributed by atoms with Crippen LogP contribution in [0.3, 0.4) is 0 Å². The summed E-state index contributed by atoms with van der Waals surface area (Å²) < 4.78 is 0. The maximum Gasteiger partial charge on any atom is 0.0681 e. The molecule has 2 aliphatic rings. The van der Waals surface area contributed by atoms with E-state index in [0.717, 1.165) is 5.25 Å². The first kappa shape index (κ1) is 12.4. The molecule has 2 nitrogen and oxygen atoms in total. The number of hydrogen-bond acceptors (Lipinski definition) is 3. The van der Waals surface area contributed by atoms with Gasteiger partial charge in [-0.2, -0.15) is 0 Å². The summed E-state index contributed by atoms with van der Waals surface area (Å²) in [5, 5.41) is 4.59. The summed E-state index contributed by atoms with van der Waals surface area (Å²) in [4.78, 5) is 2.88. The lowest BCUT2D eigenvalue weighted by Gasteiger charge is -2.46. The second-order valence-corrected chi connectivity index (χ2v) is 7.28. The molecule has 3 rings (SSSR count). The van der Waals surface area contributed by atoms with Crippen molar-refractivity contribution in [1.29, 1.82) is 0 Å². The quantitative estimate of drug-likeness (QED) is 0.837. The first-order valence-electron chi connectivity index (χ1n) is 7.00. The molecule has 1 aromatic carbocycles. The van der Waals surface area contributed by atoms with Crippen molar-refractivity contribution in [2.24, 2.45) is 0 Å². The second kappa shape index (κ2) is 5.14. The van der Waals surface area contributed by atoms with E-state index in [4.69, 9.17) is 0 Å². The van der Waals surface area contributed by atoms with Gasteiger partial charge in [0.15, 0.2) is 0 Å². The number of para-hydroxylation sites is 1. The number of nitrogens with zero attached hydrogens (tertiary/aromatic N) is 1. The Balaban J connectivity index is 1.64. The molecule has 2 fully saturated rings. The van der Waals surface area contributed by atoms with Crippen molar-refractivity contribution in [2.45, 2.75) is 36.3 Å². The number of anilines is 1. The molecule has 1 spiro atoms. The van der Waals surface area contributed by atoms with Crippen molar-refractivity contribution in [3.8, 4) is 0 Å². The van der Waals surface area contributed by atoms with Gasteiger partial charge in [-0.25, -0.2) is 0 Å². The molecule has 0 amide bonds. The zero-order valence-electron chi connectivity index (χ0n) is 11.1. The molecule has 1 atom stereocenters. The molecule has 0 aromatic heterocycles. The summed E-state index contributed by atoms with van der Waals surface area (Å²) in [6.07, 6.45) is 3.84. The Morgan fingerprint density at radius 2 is 1.94 bits per heavy atom. The van der Waals surface area contributed by atoms with Crippen molar-refractivity contribution in [1.82, 2.24) is 5.32 Å². The van der Waals surface area contributed by atoms with Gasteiger partial charge >= 0.3 is 0 Å². The van der Waals surface area contributed by atoms with E-state index in [1.54, 1.807) is 0 Å². The molecule has 0 aliphatic carbocycles. The summed E-state index contributed by atoms with van der Waals surface area (Å²) in [6, 6.07) is 10.8. The highest BCUT2D eigenvalue weighted by Crippen LogP contribution is 2.40. The Labute approximate surface area is 114 Å². The van der Waals surface area contributed by atoms with E-state index in [1.165, 1.54) is 44.6 Å². The molecule has 0 radical (unpaired) electrons. The van der Waals surface area contributed by atoms with Crippen LogP contribution >= 0.6 is 11.8 Å². The standard InChI is InChI=1S/C15H22N2S/c1-13-7-10-16-15(18-13)8-11-17(12-9-15)14-5-3-2-4-6-14/h2-6,13,16H,7-12H2,1H3. The zero-order valence-corrected chi connectivity index (χ0v) is 11.9. The minimum absolute atomic E-state index is 0.364. The predicted octanol–water partition coefficient (Wildman–Crippen LogP) is 3.10. The molecular formula is C15H22N2S. The van der Waals surface area contributed by atoms with Gasteiger partial charge in [-0.15, -0.1) is 11.8 Å². The first-order chi connectivity index (χ1) is 8.77. The average Bonchev–Trinajstić information content (AvgIpc) is 2.40. The largest absolute Gasteiger partial charge is 0.371 e. The number of thioether (sulfide) groups is 1. The van der Waals surface area contributed by atoms with Crippen molar-refractivity contribution in [3.63, 3.8) is 0 Å². The van der Waals surface area contributed by atoms with Crippen LogP contribution in [-0.4, -0.2) is 29.8 Å². The van der Waals surface area contributed by atoms with Crippen LogP contribution in [0.5, 0.6) is 0 Å². The van der Waals surface area contributed by atoms with Crippen LogP contribution in [0.2, 0.25) is 0 Å². The van der Waals surface area contributed by atoms with Crippen LogP contribution in [0.1, 0.15) is 26.2 Å². The molecular weight excluding hydrogens is 240 g/mol. The van der Waals surface area contributed by atoms with Crippen molar-refractivity contribution < 1.29 is 0 Å². The van der Waals surface area contributed by atoms with E-state index in [-0.39, 0.29) is 0 Å². The fourth-order valence-corrected chi connectivity index (χ4v) is 4.66. The van der Waals surface area contributed by atoms with Gasteiger partial charge in [-0.3, -0.25) is 0 Å². The molecule has 1 aromatic rings. The number of piperidine rings is 1. The summed E-state index contributed by atoms with van der Waals surface area (Å²) in [6.45, 7) is 5.92. The van der Waals surface area contributed by atoms with E-state index >= 15 is 0 Å². The maximum atomic E-state index is 3.77. The van der Waals surface area contributed by atoms with E-state index in [9.17, 15) is 0 Å². The molecule has 1 unspecified atom stereocenters. The van der Waals surface area contributed by atoms with Crippen LogP contribution in [-0.2, 0) is 0 Å². The SMILES string of the molecule is CC1CCNC2(CCN(c3ccccc3)CC2)S1. The fraction of sp³-hybridized carbons (Fsp3) is 0.600. The molecule has 0 saturated carbocycles. The topological polar surface area (TPSA) is 15.3 Å². The second-order valence-electron chi connectivity index (χ2n) is 5.46. The first-order valence-corrected chi connectivity index (χ1v) is 7.88. The number of benzene rings is 1. The van der Waals surface area contributed by atoms with E-state index in [0.29, 0.717) is 4.87 Å². The summed E-state index contributed by atoms with van der Waals surface area (Å²) in [7, 11) is 0. The number of hydrogen-bond donors (Lipinski definition) is 1. The Morgan fingerprint density at radius 3 is 2.61 bits per heavy atom. The highest BCUT2D eigenvalue weighted by Gasteiger charge is 2.38. The van der Waals surface area contributed by atoms with Gasteiger partial charge in [0.1, 0.15) is 0 Å². The summed E-state index contributed by atoms with van der Waals surface area (Å²) in [5.41, 5.74) is 1.38. The molecule has 3 heteroatoms. The average molecular weight is 262 g/mol. The molecule has 1 N–H and O–H groups in total. The van der Waals surface area contributed by atoms with Crippen LogP contribution < -0.4 is 10.2 Å². The van der Waals surface area contributed by atoms with Crippen LogP contribution in [0, 0.1) is 0 Å². The minimum atomic E-state index is 0.364. The highest BCUT2D eigenvalue weighted by atomic mass is 32.2. The van der Waals surface area contributed by atoms with Crippen molar-refractivity contribution in [2.75, 3.05) is 24.5 Å². The van der Waals surface area contributed by atoms with Crippen LogP contribution in [0.15, 0.2) is 30.3 Å². The third-order valence-corrected chi connectivity index (χ3v) is 5.76. The van der Waals surface area contributed by atoms with Gasteiger partial charge in [0, 0.05) is 24.0 Å². The summed E-state index contributed by atoms with van der Waals surface area (Å²) in [5.74, 6) is 0. The lowest BCUT2D eigenvalue weighted by Crippen LogP contribution is -2.54. The third-order valence-electron chi connectivity index (χ3n) is 4.12. The Bertz CT molecular complexity index is 385. The molecule has 98 valence electrons. The van der Waals surface area contributed by atoms with Crippen molar-refractivity contribution in [3.05, 3.63) is 30.3 Å². The Hall–Kier alpha value is -0.670. The maximum absolute atomic E-state index is 3.77. The lowest BCUT2D eigenvalue weighted by molar-refractivity contribution is 0.360. The molecule has 18 heavy (non-hydrogen) atoms. The zero-order chi connectivity index (χ0) is 12.4. The predicted molar refractivity (Wildman–Crippen MR) is 80.3 cm³/mol. The fourth-order valence-electron chi connectivity index (χ4n) is 3.05. The highest BCUT2D eigenvalue weighted by molar-refractivity contribution is 8.01. The normalized spacial score (nSPS) is 27.4. The van der Waals surface area contributed by atoms with Crippen molar-refractivity contribution >= 4 is 17.4 Å². The monoisotopic (exact) mass is 262 g/mol. The number of nitrogens with one attached hydrogen (secondary N) is 1. The van der Waals surface area contributed by atoms with Gasteiger partial charge < -0.3 is 10.2 Å². The smallest absolute Gasteiger partial charge is 0.0681 e. The van der Waals surface area contributed by atoms with Gasteiger partial charge in [0.25, 0.3) is 0 Å². The van der Waals surface area contributed by atoms with Gasteiger partial charge in [0.2, 0.25) is 0 Å². The van der Waals surface area contributed by atoms with Gasteiger partial charge in [-0.05, 0) is 37.9 Å². The van der Waals surface area contributed by atoms with E-state index < -0.39 is 0 Å².